The molecule has 4 nitrogen and oxygen atoms in total. The Kier molecular flexibility index (Phi) is 3.04. The number of benzene rings is 1. The largest absolute Gasteiger partial charge is 0.497 e. The van der Waals surface area contributed by atoms with E-state index in [1.807, 2.05) is 12.1 Å². The molecule has 2 N–H and O–H groups in total. The van der Waals surface area contributed by atoms with Gasteiger partial charge in [0.1, 0.15) is 5.75 Å². The number of ether oxygens (including phenoxy) is 1. The summed E-state index contributed by atoms with van der Waals surface area (Å²) in [5.74, 6) is 0.846. The predicted molar refractivity (Wildman–Crippen MR) is 74.2 cm³/mol. The highest BCUT2D eigenvalue weighted by Gasteiger charge is 2.30. The van der Waals surface area contributed by atoms with Crippen molar-refractivity contribution in [1.29, 1.82) is 0 Å². The molecule has 2 saturated heterocycles. The molecule has 2 heterocycles. The van der Waals surface area contributed by atoms with E-state index in [1.54, 1.807) is 7.11 Å². The summed E-state index contributed by atoms with van der Waals surface area (Å²) in [6.07, 6.45) is 2.68. The van der Waals surface area contributed by atoms with Gasteiger partial charge in [0.05, 0.1) is 7.11 Å². The second-order valence-electron chi connectivity index (χ2n) is 5.24. The van der Waals surface area contributed by atoms with Gasteiger partial charge in [-0.3, -0.25) is 4.90 Å². The number of nitrogen functional groups attached to an aromatic ring is 1. The highest BCUT2D eigenvalue weighted by Crippen LogP contribution is 2.29. The lowest BCUT2D eigenvalue weighted by Crippen LogP contribution is -2.50. The number of rotatable bonds is 2. The van der Waals surface area contributed by atoms with E-state index in [-0.39, 0.29) is 0 Å². The third-order valence-electron chi connectivity index (χ3n) is 4.10. The van der Waals surface area contributed by atoms with E-state index in [1.165, 1.54) is 31.6 Å². The molecule has 98 valence electrons. The Hall–Kier alpha value is -1.42. The monoisotopic (exact) mass is 247 g/mol. The summed E-state index contributed by atoms with van der Waals surface area (Å²) in [7, 11) is 1.69. The molecule has 0 radical (unpaired) electrons. The van der Waals surface area contributed by atoms with Gasteiger partial charge in [0, 0.05) is 49.2 Å². The molecule has 1 atom stereocenters. The Morgan fingerprint density at radius 2 is 2.11 bits per heavy atom. The Morgan fingerprint density at radius 1 is 1.22 bits per heavy atom. The van der Waals surface area contributed by atoms with Crippen LogP contribution in [0.2, 0.25) is 0 Å². The number of nitrogens with two attached hydrogens (primary N) is 1. The van der Waals surface area contributed by atoms with E-state index < -0.39 is 0 Å². The number of hydrogen-bond acceptors (Lipinski definition) is 4. The summed E-state index contributed by atoms with van der Waals surface area (Å²) in [5.41, 5.74) is 7.90. The molecular formula is C14H21N3O. The average molecular weight is 247 g/mol. The highest BCUT2D eigenvalue weighted by atomic mass is 16.5. The van der Waals surface area contributed by atoms with Gasteiger partial charge < -0.3 is 15.4 Å². The lowest BCUT2D eigenvalue weighted by Gasteiger charge is -2.39. The molecule has 2 aliphatic rings. The third-order valence-corrected chi connectivity index (χ3v) is 4.10. The van der Waals surface area contributed by atoms with Crippen molar-refractivity contribution >= 4 is 11.4 Å². The summed E-state index contributed by atoms with van der Waals surface area (Å²) in [6, 6.07) is 6.73. The lowest BCUT2D eigenvalue weighted by atomic mass is 10.1. The highest BCUT2D eigenvalue weighted by molar-refractivity contribution is 5.61. The Morgan fingerprint density at radius 3 is 2.94 bits per heavy atom. The van der Waals surface area contributed by atoms with Gasteiger partial charge in [-0.05, 0) is 25.5 Å². The van der Waals surface area contributed by atoms with Gasteiger partial charge in [-0.2, -0.15) is 0 Å². The fourth-order valence-corrected chi connectivity index (χ4v) is 3.13. The zero-order valence-corrected chi connectivity index (χ0v) is 10.9. The second-order valence-corrected chi connectivity index (χ2v) is 5.24. The van der Waals surface area contributed by atoms with Crippen LogP contribution < -0.4 is 15.4 Å². The van der Waals surface area contributed by atoms with Crippen LogP contribution in [0.15, 0.2) is 18.2 Å². The molecule has 4 heteroatoms. The second kappa shape index (κ2) is 4.69. The van der Waals surface area contributed by atoms with Gasteiger partial charge >= 0.3 is 0 Å². The van der Waals surface area contributed by atoms with Crippen LogP contribution in [0.5, 0.6) is 5.75 Å². The van der Waals surface area contributed by atoms with E-state index in [0.29, 0.717) is 0 Å². The van der Waals surface area contributed by atoms with E-state index >= 15 is 0 Å². The molecule has 18 heavy (non-hydrogen) atoms. The van der Waals surface area contributed by atoms with Crippen LogP contribution in [0.4, 0.5) is 11.4 Å². The zero-order chi connectivity index (χ0) is 12.5. The molecule has 2 aliphatic heterocycles. The maximum atomic E-state index is 5.93. The first-order valence-corrected chi connectivity index (χ1v) is 6.70. The molecule has 1 aromatic carbocycles. The van der Waals surface area contributed by atoms with Crippen molar-refractivity contribution in [2.75, 3.05) is 43.9 Å². The molecule has 1 unspecified atom stereocenters. The smallest absolute Gasteiger partial charge is 0.122 e. The van der Waals surface area contributed by atoms with Crippen molar-refractivity contribution in [2.24, 2.45) is 0 Å². The van der Waals surface area contributed by atoms with Gasteiger partial charge in [-0.25, -0.2) is 0 Å². The maximum Gasteiger partial charge on any atom is 0.122 e. The fourth-order valence-electron chi connectivity index (χ4n) is 3.13. The minimum atomic E-state index is 0.728. The minimum Gasteiger partial charge on any atom is -0.497 e. The van der Waals surface area contributed by atoms with Crippen LogP contribution in [0.3, 0.4) is 0 Å². The average Bonchev–Trinajstić information content (AvgIpc) is 2.85. The SMILES string of the molecule is COc1cc(N)cc(N2CCN3CCCC3C2)c1. The van der Waals surface area contributed by atoms with Gasteiger partial charge in [0.15, 0.2) is 0 Å². The van der Waals surface area contributed by atoms with Crippen LogP contribution in [0, 0.1) is 0 Å². The predicted octanol–water partition coefficient (Wildman–Crippen LogP) is 1.56. The molecule has 3 rings (SSSR count). The van der Waals surface area contributed by atoms with Crippen LogP contribution in [0.1, 0.15) is 12.8 Å². The van der Waals surface area contributed by atoms with Crippen molar-refractivity contribution in [1.82, 2.24) is 4.90 Å². The first-order chi connectivity index (χ1) is 8.76. The van der Waals surface area contributed by atoms with Gasteiger partial charge in [-0.1, -0.05) is 0 Å². The first kappa shape index (κ1) is 11.7. The van der Waals surface area contributed by atoms with Crippen LogP contribution in [0.25, 0.3) is 0 Å². The van der Waals surface area contributed by atoms with Gasteiger partial charge in [0.25, 0.3) is 0 Å². The molecule has 2 fully saturated rings. The molecular weight excluding hydrogens is 226 g/mol. The summed E-state index contributed by atoms with van der Waals surface area (Å²) in [6.45, 7) is 4.65. The number of nitrogens with zero attached hydrogens (tertiary/aromatic N) is 2. The Bertz CT molecular complexity index is 435. The summed E-state index contributed by atoms with van der Waals surface area (Å²) < 4.78 is 5.30. The molecule has 0 amide bonds. The van der Waals surface area contributed by atoms with Gasteiger partial charge in [0.2, 0.25) is 0 Å². The van der Waals surface area contributed by atoms with Crippen molar-refractivity contribution < 1.29 is 4.74 Å². The summed E-state index contributed by atoms with van der Waals surface area (Å²) in [5, 5.41) is 0. The normalized spacial score (nSPS) is 24.1. The number of fused-ring (bicyclic) bond motifs is 1. The summed E-state index contributed by atoms with van der Waals surface area (Å²) in [4.78, 5) is 5.05. The number of anilines is 2. The maximum absolute atomic E-state index is 5.93. The molecule has 0 aliphatic carbocycles. The number of piperazine rings is 1. The fraction of sp³-hybridized carbons (Fsp3) is 0.571. The standard InChI is InChI=1S/C14H21N3O/c1-18-14-8-11(15)7-13(9-14)17-6-5-16-4-2-3-12(16)10-17/h7-9,12H,2-6,10,15H2,1H3. The van der Waals surface area contributed by atoms with E-state index in [0.717, 1.165) is 30.6 Å². The van der Waals surface area contributed by atoms with Crippen LogP contribution >= 0.6 is 0 Å². The topological polar surface area (TPSA) is 41.7 Å². The first-order valence-electron chi connectivity index (χ1n) is 6.70. The summed E-state index contributed by atoms with van der Waals surface area (Å²) >= 11 is 0. The quantitative estimate of drug-likeness (QED) is 0.805. The van der Waals surface area contributed by atoms with Crippen LogP contribution in [-0.4, -0.2) is 44.2 Å². The minimum absolute atomic E-state index is 0.728. The van der Waals surface area contributed by atoms with E-state index in [2.05, 4.69) is 15.9 Å². The molecule has 0 spiro atoms. The molecule has 0 aromatic heterocycles. The van der Waals surface area contributed by atoms with Crippen molar-refractivity contribution in [3.63, 3.8) is 0 Å². The lowest BCUT2D eigenvalue weighted by molar-refractivity contribution is 0.231. The number of hydrogen-bond donors (Lipinski definition) is 1. The molecule has 0 saturated carbocycles. The van der Waals surface area contributed by atoms with Crippen molar-refractivity contribution in [3.8, 4) is 5.75 Å². The van der Waals surface area contributed by atoms with Crippen molar-refractivity contribution in [3.05, 3.63) is 18.2 Å². The zero-order valence-electron chi connectivity index (χ0n) is 10.9. The van der Waals surface area contributed by atoms with Crippen LogP contribution in [-0.2, 0) is 0 Å². The molecule has 1 aromatic rings. The van der Waals surface area contributed by atoms with Crippen molar-refractivity contribution in [2.45, 2.75) is 18.9 Å². The molecule has 0 bridgehead atoms. The Labute approximate surface area is 108 Å². The van der Waals surface area contributed by atoms with E-state index in [9.17, 15) is 0 Å². The number of methoxy groups -OCH3 is 1. The van der Waals surface area contributed by atoms with E-state index in [4.69, 9.17) is 10.5 Å². The Balaban J connectivity index is 1.80. The third kappa shape index (κ3) is 2.12. The van der Waals surface area contributed by atoms with Gasteiger partial charge in [-0.15, -0.1) is 0 Å².